The Labute approximate surface area is 223 Å². The quantitative estimate of drug-likeness (QED) is 0.469. The first kappa shape index (κ1) is 25.4. The van der Waals surface area contributed by atoms with Gasteiger partial charge in [0.25, 0.3) is 0 Å². The lowest BCUT2D eigenvalue weighted by atomic mass is 10.1. The maximum absolute atomic E-state index is 12.9. The predicted octanol–water partition coefficient (Wildman–Crippen LogP) is 3.68. The number of carbonyl (C=O) groups is 2. The maximum Gasteiger partial charge on any atom is 0.227 e. The van der Waals surface area contributed by atoms with E-state index in [2.05, 4.69) is 15.6 Å². The minimum atomic E-state index is 0.203. The summed E-state index contributed by atoms with van der Waals surface area (Å²) in [6, 6.07) is 20.1. The van der Waals surface area contributed by atoms with E-state index < -0.39 is 0 Å². The van der Waals surface area contributed by atoms with Crippen LogP contribution < -0.4 is 5.32 Å². The number of rotatable bonds is 9. The Kier molecular flexibility index (Phi) is 8.48. The Balaban J connectivity index is 1.05. The van der Waals surface area contributed by atoms with Crippen molar-refractivity contribution in [1.82, 2.24) is 19.7 Å². The molecule has 1 N–H and O–H groups in total. The monoisotopic (exact) mass is 517 g/mol. The molecule has 2 saturated heterocycles. The third-order valence-electron chi connectivity index (χ3n) is 7.25. The average molecular weight is 518 g/mol. The zero-order valence-corrected chi connectivity index (χ0v) is 22.0. The molecule has 1 atom stereocenters. The van der Waals surface area contributed by atoms with Gasteiger partial charge < -0.3 is 15.1 Å². The highest BCUT2D eigenvalue weighted by atomic mass is 32.1. The van der Waals surface area contributed by atoms with E-state index in [1.165, 1.54) is 0 Å². The van der Waals surface area contributed by atoms with Gasteiger partial charge in [0.1, 0.15) is 0 Å². The Morgan fingerprint density at radius 1 is 0.865 bits per heavy atom. The predicted molar refractivity (Wildman–Crippen MR) is 147 cm³/mol. The molecule has 5 rings (SSSR count). The van der Waals surface area contributed by atoms with E-state index in [1.54, 1.807) is 11.3 Å². The van der Waals surface area contributed by atoms with Crippen LogP contribution in [0.15, 0.2) is 66.0 Å². The van der Waals surface area contributed by atoms with Crippen LogP contribution in [0.3, 0.4) is 0 Å². The number of anilines is 1. The zero-order chi connectivity index (χ0) is 25.5. The first-order chi connectivity index (χ1) is 18.1. The molecule has 3 aromatic rings. The van der Waals surface area contributed by atoms with Crippen LogP contribution in [0.25, 0.3) is 0 Å². The lowest BCUT2D eigenvalue weighted by Crippen LogP contribution is -2.48. The number of hydrogen-bond acceptors (Lipinski definition) is 6. The van der Waals surface area contributed by atoms with Gasteiger partial charge in [0.15, 0.2) is 5.13 Å². The van der Waals surface area contributed by atoms with Gasteiger partial charge in [-0.3, -0.25) is 14.5 Å². The SMILES string of the molecule is O=C(Cc1ccccc1)N1CCN(Cc2csc(NCC3CCCN3C(=O)Cc3ccccc3)n2)CC1. The number of likely N-dealkylation sites (tertiary alicyclic amines) is 1. The lowest BCUT2D eigenvalue weighted by Gasteiger charge is -2.34. The Hall–Kier alpha value is -3.23. The van der Waals surface area contributed by atoms with E-state index in [9.17, 15) is 9.59 Å². The summed E-state index contributed by atoms with van der Waals surface area (Å²) in [4.78, 5) is 36.7. The number of carbonyl (C=O) groups excluding carboxylic acids is 2. The van der Waals surface area contributed by atoms with Gasteiger partial charge in [0, 0.05) is 57.2 Å². The Bertz CT molecular complexity index is 1160. The zero-order valence-electron chi connectivity index (χ0n) is 21.2. The van der Waals surface area contributed by atoms with E-state index in [1.807, 2.05) is 70.5 Å². The van der Waals surface area contributed by atoms with Crippen molar-refractivity contribution < 1.29 is 9.59 Å². The van der Waals surface area contributed by atoms with Gasteiger partial charge in [-0.15, -0.1) is 11.3 Å². The number of amides is 2. The van der Waals surface area contributed by atoms with Crippen molar-refractivity contribution >= 4 is 28.3 Å². The largest absolute Gasteiger partial charge is 0.359 e. The highest BCUT2D eigenvalue weighted by Crippen LogP contribution is 2.22. The number of piperazine rings is 1. The van der Waals surface area contributed by atoms with Gasteiger partial charge in [0.2, 0.25) is 11.8 Å². The van der Waals surface area contributed by atoms with Crippen molar-refractivity contribution in [3.63, 3.8) is 0 Å². The van der Waals surface area contributed by atoms with E-state index in [0.29, 0.717) is 12.8 Å². The summed E-state index contributed by atoms with van der Waals surface area (Å²) in [5.74, 6) is 0.408. The summed E-state index contributed by atoms with van der Waals surface area (Å²) >= 11 is 1.62. The number of benzene rings is 2. The van der Waals surface area contributed by atoms with Crippen LogP contribution in [0.5, 0.6) is 0 Å². The van der Waals surface area contributed by atoms with Crippen molar-refractivity contribution in [3.05, 3.63) is 82.9 Å². The van der Waals surface area contributed by atoms with Gasteiger partial charge in [-0.05, 0) is 24.0 Å². The lowest BCUT2D eigenvalue weighted by molar-refractivity contribution is -0.132. The molecule has 0 aliphatic carbocycles. The third kappa shape index (κ3) is 6.96. The molecule has 3 heterocycles. The molecule has 2 aliphatic heterocycles. The molecule has 194 valence electrons. The summed E-state index contributed by atoms with van der Waals surface area (Å²) in [6.45, 7) is 5.61. The second-order valence-corrected chi connectivity index (χ2v) is 10.7. The summed E-state index contributed by atoms with van der Waals surface area (Å²) < 4.78 is 0. The fourth-order valence-electron chi connectivity index (χ4n) is 5.18. The first-order valence-electron chi connectivity index (χ1n) is 13.2. The van der Waals surface area contributed by atoms with Gasteiger partial charge in [-0.2, -0.15) is 0 Å². The smallest absolute Gasteiger partial charge is 0.227 e. The number of thiazole rings is 1. The van der Waals surface area contributed by atoms with Crippen LogP contribution in [0.4, 0.5) is 5.13 Å². The van der Waals surface area contributed by atoms with Crippen molar-refractivity contribution in [3.8, 4) is 0 Å². The molecule has 2 fully saturated rings. The summed E-state index contributed by atoms with van der Waals surface area (Å²) in [6.07, 6.45) is 3.01. The van der Waals surface area contributed by atoms with Gasteiger partial charge in [0.05, 0.1) is 18.5 Å². The number of nitrogens with one attached hydrogen (secondary N) is 1. The maximum atomic E-state index is 12.9. The van der Waals surface area contributed by atoms with E-state index in [0.717, 1.165) is 80.6 Å². The van der Waals surface area contributed by atoms with Crippen LogP contribution in [0, 0.1) is 0 Å². The minimum Gasteiger partial charge on any atom is -0.359 e. The molecule has 2 aliphatic rings. The molecule has 1 aromatic heterocycles. The van der Waals surface area contributed by atoms with E-state index >= 15 is 0 Å². The topological polar surface area (TPSA) is 68.8 Å². The van der Waals surface area contributed by atoms with Crippen LogP contribution in [-0.2, 0) is 29.0 Å². The van der Waals surface area contributed by atoms with Crippen LogP contribution in [0.1, 0.15) is 29.7 Å². The molecule has 1 unspecified atom stereocenters. The molecule has 2 amide bonds. The third-order valence-corrected chi connectivity index (χ3v) is 8.09. The molecule has 0 spiro atoms. The molecule has 0 saturated carbocycles. The normalized spacial score (nSPS) is 18.2. The van der Waals surface area contributed by atoms with Crippen molar-refractivity contribution in [2.45, 2.75) is 38.3 Å². The number of aromatic nitrogens is 1. The highest BCUT2D eigenvalue weighted by molar-refractivity contribution is 7.13. The summed E-state index contributed by atoms with van der Waals surface area (Å²) in [5.41, 5.74) is 3.19. The Morgan fingerprint density at radius 3 is 2.19 bits per heavy atom. The van der Waals surface area contributed by atoms with Gasteiger partial charge in [-0.25, -0.2) is 4.98 Å². The second kappa shape index (κ2) is 12.3. The summed E-state index contributed by atoms with van der Waals surface area (Å²) in [5, 5.41) is 6.50. The van der Waals surface area contributed by atoms with E-state index in [4.69, 9.17) is 4.98 Å². The molecule has 8 heteroatoms. The average Bonchev–Trinajstić information content (AvgIpc) is 3.58. The molecule has 37 heavy (non-hydrogen) atoms. The molecule has 0 radical (unpaired) electrons. The molecule has 2 aromatic carbocycles. The van der Waals surface area contributed by atoms with Crippen molar-refractivity contribution in [1.29, 1.82) is 0 Å². The van der Waals surface area contributed by atoms with E-state index in [-0.39, 0.29) is 17.9 Å². The summed E-state index contributed by atoms with van der Waals surface area (Å²) in [7, 11) is 0. The molecule has 0 bridgehead atoms. The second-order valence-electron chi connectivity index (χ2n) is 9.89. The fourth-order valence-corrected chi connectivity index (χ4v) is 5.89. The van der Waals surface area contributed by atoms with Crippen LogP contribution in [0.2, 0.25) is 0 Å². The van der Waals surface area contributed by atoms with Crippen molar-refractivity contribution in [2.75, 3.05) is 44.6 Å². The highest BCUT2D eigenvalue weighted by Gasteiger charge is 2.28. The van der Waals surface area contributed by atoms with Crippen LogP contribution >= 0.6 is 11.3 Å². The Morgan fingerprint density at radius 2 is 1.51 bits per heavy atom. The molecule has 7 nitrogen and oxygen atoms in total. The van der Waals surface area contributed by atoms with Crippen molar-refractivity contribution in [2.24, 2.45) is 0 Å². The molecular weight excluding hydrogens is 482 g/mol. The van der Waals surface area contributed by atoms with Crippen LogP contribution in [-0.4, -0.2) is 76.8 Å². The fraction of sp³-hybridized carbons (Fsp3) is 0.414. The number of nitrogens with zero attached hydrogens (tertiary/aromatic N) is 4. The van der Waals surface area contributed by atoms with Gasteiger partial charge in [-0.1, -0.05) is 60.7 Å². The van der Waals surface area contributed by atoms with Gasteiger partial charge >= 0.3 is 0 Å². The standard InChI is InChI=1S/C29H35N5O2S/c35-27(18-23-8-3-1-4-9-23)33-16-14-32(15-17-33)21-25-22-37-29(31-25)30-20-26-12-7-13-34(26)28(36)19-24-10-5-2-6-11-24/h1-6,8-11,22,26H,7,12-21H2,(H,30,31). The first-order valence-corrected chi connectivity index (χ1v) is 14.1. The minimum absolute atomic E-state index is 0.203. The number of hydrogen-bond donors (Lipinski definition) is 1. The molecular formula is C29H35N5O2S.